The number of benzene rings is 2. The van der Waals surface area contributed by atoms with Crippen molar-refractivity contribution in [3.63, 3.8) is 0 Å². The summed E-state index contributed by atoms with van der Waals surface area (Å²) in [6, 6.07) is 10.1. The zero-order valence-electron chi connectivity index (χ0n) is 11.6. The molecule has 2 aromatic rings. The summed E-state index contributed by atoms with van der Waals surface area (Å²) in [6.07, 6.45) is 0. The van der Waals surface area contributed by atoms with Crippen molar-refractivity contribution in [2.24, 2.45) is 0 Å². The Labute approximate surface area is 126 Å². The third-order valence-corrected chi connectivity index (χ3v) is 3.67. The van der Waals surface area contributed by atoms with Crippen molar-refractivity contribution in [1.29, 1.82) is 0 Å². The smallest absolute Gasteiger partial charge is 0.254 e. The quantitative estimate of drug-likeness (QED) is 0.764. The predicted octanol–water partition coefficient (Wildman–Crippen LogP) is 4.22. The Balaban J connectivity index is 2.52. The Morgan fingerprint density at radius 3 is 2.45 bits per heavy atom. The molecule has 20 heavy (non-hydrogen) atoms. The fourth-order valence-electron chi connectivity index (χ4n) is 2.29. The van der Waals surface area contributed by atoms with Crippen molar-refractivity contribution in [3.05, 3.63) is 47.8 Å². The lowest BCUT2D eigenvalue weighted by Crippen LogP contribution is -2.38. The highest BCUT2D eigenvalue weighted by Crippen LogP contribution is 2.23. The average Bonchev–Trinajstić information content (AvgIpc) is 2.44. The molecule has 0 heterocycles. The van der Waals surface area contributed by atoms with Crippen LogP contribution < -0.4 is 0 Å². The number of hydrogen-bond acceptors (Lipinski definition) is 1. The summed E-state index contributed by atoms with van der Waals surface area (Å²) in [7, 11) is 0. The molecular formula is C16H17BrFNO. The number of rotatable bonds is 4. The van der Waals surface area contributed by atoms with Crippen molar-refractivity contribution >= 4 is 32.6 Å². The monoisotopic (exact) mass is 337 g/mol. The molecule has 2 aromatic carbocycles. The number of amides is 1. The number of fused-ring (bicyclic) bond motifs is 1. The largest absolute Gasteiger partial charge is 0.335 e. The van der Waals surface area contributed by atoms with Crippen molar-refractivity contribution in [2.45, 2.75) is 19.9 Å². The van der Waals surface area contributed by atoms with E-state index in [0.29, 0.717) is 22.9 Å². The van der Waals surface area contributed by atoms with Gasteiger partial charge in [0, 0.05) is 28.9 Å². The zero-order valence-corrected chi connectivity index (χ0v) is 13.2. The Bertz CT molecular complexity index is 627. The fourth-order valence-corrected chi connectivity index (χ4v) is 2.67. The van der Waals surface area contributed by atoms with Crippen LogP contribution in [-0.2, 0) is 0 Å². The Morgan fingerprint density at radius 1 is 1.20 bits per heavy atom. The minimum absolute atomic E-state index is 0.0596. The summed E-state index contributed by atoms with van der Waals surface area (Å²) in [5, 5.41) is 1.87. The molecule has 0 aliphatic rings. The zero-order chi connectivity index (χ0) is 14.7. The van der Waals surface area contributed by atoms with E-state index >= 15 is 0 Å². The van der Waals surface area contributed by atoms with Gasteiger partial charge in [0.2, 0.25) is 0 Å². The minimum atomic E-state index is -0.297. The maximum absolute atomic E-state index is 13.8. The van der Waals surface area contributed by atoms with Gasteiger partial charge in [-0.1, -0.05) is 40.2 Å². The molecule has 0 radical (unpaired) electrons. The highest BCUT2D eigenvalue weighted by atomic mass is 79.9. The molecule has 0 aromatic heterocycles. The van der Waals surface area contributed by atoms with Gasteiger partial charge in [0.25, 0.3) is 5.91 Å². The second-order valence-corrected chi connectivity index (χ2v) is 5.71. The maximum Gasteiger partial charge on any atom is 0.254 e. The molecule has 0 N–H and O–H groups in total. The molecule has 0 atom stereocenters. The van der Waals surface area contributed by atoms with Crippen LogP contribution in [0.5, 0.6) is 0 Å². The molecule has 0 spiro atoms. The van der Waals surface area contributed by atoms with Crippen molar-refractivity contribution in [1.82, 2.24) is 4.90 Å². The summed E-state index contributed by atoms with van der Waals surface area (Å²) in [4.78, 5) is 14.5. The fraction of sp³-hybridized carbons (Fsp3) is 0.312. The van der Waals surface area contributed by atoms with Gasteiger partial charge in [-0.3, -0.25) is 4.79 Å². The molecule has 4 heteroatoms. The van der Waals surface area contributed by atoms with Gasteiger partial charge in [-0.15, -0.1) is 0 Å². The molecule has 0 fully saturated rings. The van der Waals surface area contributed by atoms with E-state index in [4.69, 9.17) is 0 Å². The molecule has 0 unspecified atom stereocenters. The molecule has 0 bridgehead atoms. The second kappa shape index (κ2) is 6.35. The summed E-state index contributed by atoms with van der Waals surface area (Å²) in [5.74, 6) is -0.357. The predicted molar refractivity (Wildman–Crippen MR) is 83.9 cm³/mol. The average molecular weight is 338 g/mol. The number of alkyl halides is 1. The van der Waals surface area contributed by atoms with E-state index in [9.17, 15) is 9.18 Å². The molecule has 0 aliphatic carbocycles. The van der Waals surface area contributed by atoms with Crippen LogP contribution in [0.15, 0.2) is 36.4 Å². The third-order valence-electron chi connectivity index (χ3n) is 3.31. The normalized spacial score (nSPS) is 11.1. The molecule has 2 rings (SSSR count). The van der Waals surface area contributed by atoms with Crippen molar-refractivity contribution in [2.75, 3.05) is 11.9 Å². The topological polar surface area (TPSA) is 20.3 Å². The minimum Gasteiger partial charge on any atom is -0.335 e. The number of nitrogens with zero attached hydrogens (tertiary/aromatic N) is 1. The molecule has 0 saturated carbocycles. The highest BCUT2D eigenvalue weighted by molar-refractivity contribution is 9.09. The van der Waals surface area contributed by atoms with Gasteiger partial charge < -0.3 is 4.90 Å². The summed E-state index contributed by atoms with van der Waals surface area (Å²) < 4.78 is 13.8. The Kier molecular flexibility index (Phi) is 4.76. The first-order valence-electron chi connectivity index (χ1n) is 6.60. The molecule has 0 aliphatic heterocycles. The molecule has 0 saturated heterocycles. The summed E-state index contributed by atoms with van der Waals surface area (Å²) >= 11 is 3.37. The van der Waals surface area contributed by atoms with Gasteiger partial charge in [-0.25, -0.2) is 4.39 Å². The van der Waals surface area contributed by atoms with Crippen molar-refractivity contribution < 1.29 is 9.18 Å². The van der Waals surface area contributed by atoms with Gasteiger partial charge in [0.1, 0.15) is 5.82 Å². The molecule has 2 nitrogen and oxygen atoms in total. The first-order valence-corrected chi connectivity index (χ1v) is 7.72. The van der Waals surface area contributed by atoms with Gasteiger partial charge in [0.15, 0.2) is 0 Å². The van der Waals surface area contributed by atoms with Crippen LogP contribution in [0.2, 0.25) is 0 Å². The van der Waals surface area contributed by atoms with Gasteiger partial charge in [-0.2, -0.15) is 0 Å². The van der Waals surface area contributed by atoms with Crippen LogP contribution in [-0.4, -0.2) is 28.7 Å². The van der Waals surface area contributed by atoms with Crippen molar-refractivity contribution in [3.8, 4) is 0 Å². The van der Waals surface area contributed by atoms with E-state index in [0.717, 1.165) is 5.33 Å². The SMILES string of the molecule is CC(C)N(CCBr)C(=O)c1ccc(F)c2ccccc12. The summed E-state index contributed by atoms with van der Waals surface area (Å²) in [6.45, 7) is 4.58. The van der Waals surface area contributed by atoms with Crippen LogP contribution in [0.25, 0.3) is 10.8 Å². The lowest BCUT2D eigenvalue weighted by Gasteiger charge is -2.26. The van der Waals surface area contributed by atoms with Gasteiger partial charge >= 0.3 is 0 Å². The number of halogens is 2. The second-order valence-electron chi connectivity index (χ2n) is 4.92. The first kappa shape index (κ1) is 15.0. The number of carbonyl (C=O) groups excluding carboxylic acids is 1. The van der Waals surface area contributed by atoms with Crippen LogP contribution in [0.3, 0.4) is 0 Å². The molecular weight excluding hydrogens is 321 g/mol. The maximum atomic E-state index is 13.8. The van der Waals surface area contributed by atoms with Gasteiger partial charge in [0.05, 0.1) is 0 Å². The molecule has 1 amide bonds. The van der Waals surface area contributed by atoms with E-state index in [1.165, 1.54) is 6.07 Å². The van der Waals surface area contributed by atoms with Crippen LogP contribution >= 0.6 is 15.9 Å². The third kappa shape index (κ3) is 2.85. The van der Waals surface area contributed by atoms with Crippen LogP contribution in [0.4, 0.5) is 4.39 Å². The van der Waals surface area contributed by atoms with E-state index < -0.39 is 0 Å². The number of carbonyl (C=O) groups is 1. The van der Waals surface area contributed by atoms with E-state index in [1.807, 2.05) is 19.9 Å². The summed E-state index contributed by atoms with van der Waals surface area (Å²) in [5.41, 5.74) is 0.552. The van der Waals surface area contributed by atoms with Crippen LogP contribution in [0, 0.1) is 5.82 Å². The lowest BCUT2D eigenvalue weighted by molar-refractivity contribution is 0.0721. The lowest BCUT2D eigenvalue weighted by atomic mass is 10.0. The van der Waals surface area contributed by atoms with Crippen LogP contribution in [0.1, 0.15) is 24.2 Å². The standard InChI is InChI=1S/C16H17BrFNO/c1-11(2)19(10-9-17)16(20)14-7-8-15(18)13-6-4-3-5-12(13)14/h3-8,11H,9-10H2,1-2H3. The van der Waals surface area contributed by atoms with E-state index in [2.05, 4.69) is 15.9 Å². The molecule has 106 valence electrons. The first-order chi connectivity index (χ1) is 9.56. The Hall–Kier alpha value is -1.42. The highest BCUT2D eigenvalue weighted by Gasteiger charge is 2.20. The van der Waals surface area contributed by atoms with E-state index in [1.54, 1.807) is 29.2 Å². The van der Waals surface area contributed by atoms with Gasteiger partial charge in [-0.05, 0) is 31.4 Å². The van der Waals surface area contributed by atoms with E-state index in [-0.39, 0.29) is 17.8 Å². The Morgan fingerprint density at radius 2 is 1.85 bits per heavy atom. The number of hydrogen-bond donors (Lipinski definition) is 0.